The van der Waals surface area contributed by atoms with E-state index >= 15 is 0 Å². The summed E-state index contributed by atoms with van der Waals surface area (Å²) in [5.74, 6) is 7.37. The average molecular weight is 1820 g/mol. The highest BCUT2D eigenvalue weighted by Crippen LogP contribution is 2.48. The molecule has 10 atom stereocenters. The standard InChI is InChI=1S/C22H28O2.C21H26O2.C20H26O2.3C11H14.3C10H14O/c1-4-21(2,3)20(23)24-22(14-8-5-9-15-22)19-13-12-17-10-6-7-11-18(17)16-19;1-4-20(2,3)19(22)23-21(13-7-8-14-21)18-12-11-16-9-5-6-10-17(16)15-18;1-6-19(3,4)18(21)22-20(5,7-2)17-13-12-15-10-8-9-11-16(15)14-17;3*1-8-7-10-5-3-4-6-11(10)9(8)2;3*1-3-8(2)9-4-6-10(11)7-5-9/h6-7,10-13,16H,4-5,8-9,14-15H2,1-3H3;5-6,9-12,15H,4,7-8,13-14H2,1-3H3;8-14H,6-7H2,1-5H3;3*3-6,8-9H,7H2,1-2H3;3*4-8,11H,3H2,1-2H3. The summed E-state index contributed by atoms with van der Waals surface area (Å²) in [4.78, 5) is 37.9. The summed E-state index contributed by atoms with van der Waals surface area (Å²) < 4.78 is 18.3. The van der Waals surface area contributed by atoms with Crippen LogP contribution in [0.3, 0.4) is 0 Å². The number of ether oxygens (including phenoxy) is 3. The predicted octanol–water partition coefficient (Wildman–Crippen LogP) is 34.7. The molecule has 135 heavy (non-hydrogen) atoms. The first-order valence-electron chi connectivity index (χ1n) is 51.1. The van der Waals surface area contributed by atoms with Gasteiger partial charge < -0.3 is 29.5 Å². The van der Waals surface area contributed by atoms with Crippen LogP contribution < -0.4 is 0 Å². The third-order valence-electron chi connectivity index (χ3n) is 30.9. The van der Waals surface area contributed by atoms with Gasteiger partial charge in [0, 0.05) is 0 Å². The smallest absolute Gasteiger partial charge is 0.312 e. The van der Waals surface area contributed by atoms with Crippen LogP contribution in [0.2, 0.25) is 0 Å². The maximum Gasteiger partial charge on any atom is 0.312 e. The van der Waals surface area contributed by atoms with Crippen molar-refractivity contribution in [1.82, 2.24) is 0 Å². The Morgan fingerprint density at radius 1 is 0.319 bits per heavy atom. The van der Waals surface area contributed by atoms with Crippen molar-refractivity contribution < 1.29 is 43.9 Å². The Bertz CT molecular complexity index is 5410. The van der Waals surface area contributed by atoms with Crippen LogP contribution in [0.25, 0.3) is 32.3 Å². The van der Waals surface area contributed by atoms with Gasteiger partial charge in [0.15, 0.2) is 0 Å². The van der Waals surface area contributed by atoms with Gasteiger partial charge in [-0.1, -0.05) is 336 Å². The van der Waals surface area contributed by atoms with E-state index in [9.17, 15) is 14.4 Å². The number of carbonyl (C=O) groups excluding carboxylic acids is 3. The molecule has 9 nitrogen and oxygen atoms in total. The van der Waals surface area contributed by atoms with Crippen LogP contribution in [0.15, 0.2) is 273 Å². The summed E-state index contributed by atoms with van der Waals surface area (Å²) in [7, 11) is 0. The number of phenolic OH excluding ortho intramolecular Hbond substituents is 3. The second-order valence-corrected chi connectivity index (χ2v) is 41.6. The van der Waals surface area contributed by atoms with Crippen LogP contribution in [-0.2, 0) is 64.7 Å². The second-order valence-electron chi connectivity index (χ2n) is 41.6. The molecule has 0 bridgehead atoms. The van der Waals surface area contributed by atoms with E-state index in [2.05, 4.69) is 278 Å². The Morgan fingerprint density at radius 3 is 0.874 bits per heavy atom. The number of carbonyl (C=O) groups is 3. The quantitative estimate of drug-likeness (QED) is 0.0533. The number of rotatable bonds is 19. The van der Waals surface area contributed by atoms with E-state index in [0.29, 0.717) is 35.0 Å². The molecule has 12 aromatic rings. The molecule has 0 amide bonds. The van der Waals surface area contributed by atoms with Gasteiger partial charge in [-0.3, -0.25) is 14.4 Å². The van der Waals surface area contributed by atoms with E-state index in [1.54, 1.807) is 69.8 Å². The highest BCUT2D eigenvalue weighted by Gasteiger charge is 2.44. The topological polar surface area (TPSA) is 140 Å². The Balaban J connectivity index is 0.000000174. The lowest BCUT2D eigenvalue weighted by Crippen LogP contribution is -2.39. The molecule has 0 spiro atoms. The fourth-order valence-electron chi connectivity index (χ4n) is 18.3. The summed E-state index contributed by atoms with van der Waals surface area (Å²) in [6.45, 7) is 49.0. The van der Waals surface area contributed by atoms with E-state index in [1.165, 1.54) is 74.7 Å². The molecule has 0 aromatic heterocycles. The first-order chi connectivity index (χ1) is 64.3. The van der Waals surface area contributed by atoms with Crippen LogP contribution in [-0.4, -0.2) is 33.2 Å². The van der Waals surface area contributed by atoms with Gasteiger partial charge >= 0.3 is 17.9 Å². The number of aromatic hydroxyl groups is 3. The lowest BCUT2D eigenvalue weighted by molar-refractivity contribution is -0.176. The van der Waals surface area contributed by atoms with Crippen molar-refractivity contribution in [1.29, 1.82) is 0 Å². The first kappa shape index (κ1) is 108. The summed E-state index contributed by atoms with van der Waals surface area (Å²) in [5.41, 5.74) is 13.9. The molecule has 0 aliphatic heterocycles. The van der Waals surface area contributed by atoms with Crippen LogP contribution in [0, 0.1) is 34.0 Å². The van der Waals surface area contributed by atoms with E-state index in [-0.39, 0.29) is 17.9 Å². The summed E-state index contributed by atoms with van der Waals surface area (Å²) >= 11 is 0. The Hall–Kier alpha value is -10.8. The normalized spacial score (nSPS) is 18.6. The van der Waals surface area contributed by atoms with Gasteiger partial charge in [-0.2, -0.15) is 0 Å². The molecule has 0 radical (unpaired) electrons. The molecule has 0 heterocycles. The van der Waals surface area contributed by atoms with Crippen molar-refractivity contribution in [3.63, 3.8) is 0 Å². The number of benzene rings is 12. The molecule has 5 aliphatic carbocycles. The lowest BCUT2D eigenvalue weighted by atomic mass is 9.78. The van der Waals surface area contributed by atoms with Crippen molar-refractivity contribution >= 4 is 50.2 Å². The zero-order valence-corrected chi connectivity index (χ0v) is 86.4. The van der Waals surface area contributed by atoms with Crippen molar-refractivity contribution in [2.45, 2.75) is 334 Å². The van der Waals surface area contributed by atoms with Gasteiger partial charge in [-0.15, -0.1) is 0 Å². The fourth-order valence-corrected chi connectivity index (χ4v) is 18.3. The van der Waals surface area contributed by atoms with E-state index in [1.807, 2.05) is 118 Å². The number of hydrogen-bond donors (Lipinski definition) is 3. The molecule has 17 rings (SSSR count). The largest absolute Gasteiger partial charge is 0.508 e. The molecule has 722 valence electrons. The molecule has 9 heteroatoms. The van der Waals surface area contributed by atoms with Crippen molar-refractivity contribution in [2.75, 3.05) is 0 Å². The summed E-state index contributed by atoms with van der Waals surface area (Å²) in [6.07, 6.45) is 19.8. The molecule has 5 aliphatic rings. The molecule has 2 fully saturated rings. The predicted molar refractivity (Wildman–Crippen MR) is 569 cm³/mol. The Morgan fingerprint density at radius 2 is 0.585 bits per heavy atom. The van der Waals surface area contributed by atoms with E-state index < -0.39 is 33.0 Å². The first-order valence-corrected chi connectivity index (χ1v) is 51.1. The zero-order valence-electron chi connectivity index (χ0n) is 86.4. The Labute approximate surface area is 813 Å². The highest BCUT2D eigenvalue weighted by molar-refractivity contribution is 5.86. The third kappa shape index (κ3) is 29.4. The van der Waals surface area contributed by atoms with Gasteiger partial charge in [0.1, 0.15) is 34.1 Å². The number of fused-ring (bicyclic) bond motifs is 6. The van der Waals surface area contributed by atoms with Crippen molar-refractivity contribution in [3.8, 4) is 17.2 Å². The fraction of sp³-hybridized carbons (Fsp3) is 0.452. The van der Waals surface area contributed by atoms with Gasteiger partial charge in [0.2, 0.25) is 0 Å². The van der Waals surface area contributed by atoms with Gasteiger partial charge in [-0.05, 0) is 371 Å². The van der Waals surface area contributed by atoms with Gasteiger partial charge in [-0.25, -0.2) is 0 Å². The Kier molecular flexibility index (Phi) is 40.2. The molecule has 10 unspecified atom stereocenters. The molecule has 0 saturated heterocycles. The second kappa shape index (κ2) is 50.3. The van der Waals surface area contributed by atoms with E-state index in [0.717, 1.165) is 149 Å². The van der Waals surface area contributed by atoms with Crippen LogP contribution in [0.1, 0.15) is 364 Å². The maximum atomic E-state index is 12.8. The molecule has 3 N–H and O–H groups in total. The maximum absolute atomic E-state index is 12.8. The molecule has 12 aromatic carbocycles. The SMILES string of the molecule is CC1Cc2ccccc2C1C.CC1Cc2ccccc2C1C.CC1Cc2ccccc2C1C.CCC(C)(C)C(=O)OC(C)(CC)c1ccc2ccccc2c1.CCC(C)(C)C(=O)OC1(c2ccc3ccccc3c2)CCCC1.CCC(C)(C)C(=O)OC1(c2ccc3ccccc3c2)CCCCC1.CCC(C)c1ccc(O)cc1.CCC(C)c1ccc(O)cc1.CCC(C)c1ccc(O)cc1. The van der Waals surface area contributed by atoms with Crippen LogP contribution in [0.5, 0.6) is 17.2 Å². The van der Waals surface area contributed by atoms with Crippen molar-refractivity contribution in [2.24, 2.45) is 34.0 Å². The van der Waals surface area contributed by atoms with Gasteiger partial charge in [0.05, 0.1) is 16.2 Å². The summed E-state index contributed by atoms with van der Waals surface area (Å²) in [5, 5.41) is 34.3. The molecular formula is C126H164O9. The number of phenols is 3. The number of esters is 3. The lowest BCUT2D eigenvalue weighted by Gasteiger charge is -2.39. The summed E-state index contributed by atoms with van der Waals surface area (Å²) in [6, 6.07) is 93.0. The van der Waals surface area contributed by atoms with E-state index in [4.69, 9.17) is 29.5 Å². The zero-order chi connectivity index (χ0) is 98.4. The average Bonchev–Trinajstić information content (AvgIpc) is 1.76. The minimum atomic E-state index is -0.590. The van der Waals surface area contributed by atoms with Crippen molar-refractivity contribution in [3.05, 3.63) is 340 Å². The minimum Gasteiger partial charge on any atom is -0.508 e. The van der Waals surface area contributed by atoms with Crippen LogP contribution in [0.4, 0.5) is 0 Å². The molecular weight excluding hydrogens is 1660 g/mol. The highest BCUT2D eigenvalue weighted by atomic mass is 16.6. The van der Waals surface area contributed by atoms with Crippen LogP contribution >= 0.6 is 0 Å². The number of hydrogen-bond acceptors (Lipinski definition) is 9. The molecule has 2 saturated carbocycles. The monoisotopic (exact) mass is 1820 g/mol. The minimum absolute atomic E-state index is 0.0694. The third-order valence-corrected chi connectivity index (χ3v) is 30.9. The van der Waals surface area contributed by atoms with Gasteiger partial charge in [0.25, 0.3) is 0 Å².